The van der Waals surface area contributed by atoms with Gasteiger partial charge in [0.2, 0.25) is 5.79 Å². The summed E-state index contributed by atoms with van der Waals surface area (Å²) in [4.78, 5) is 20.9. The van der Waals surface area contributed by atoms with Gasteiger partial charge in [-0.15, -0.1) is 0 Å². The summed E-state index contributed by atoms with van der Waals surface area (Å²) >= 11 is 0. The van der Waals surface area contributed by atoms with Crippen LogP contribution in [0.2, 0.25) is 0 Å². The van der Waals surface area contributed by atoms with Crippen LogP contribution in [0.1, 0.15) is 41.5 Å². The highest BCUT2D eigenvalue weighted by Gasteiger charge is 2.32. The Morgan fingerprint density at radius 1 is 0.600 bits per heavy atom. The predicted molar refractivity (Wildman–Crippen MR) is 55.7 cm³/mol. The molecule has 1 heterocycles. The van der Waals surface area contributed by atoms with E-state index in [2.05, 4.69) is 0 Å². The van der Waals surface area contributed by atoms with E-state index in [1.165, 1.54) is 0 Å². The molecular weight excluding hydrogens is 196 g/mol. The molecule has 1 aliphatic heterocycles. The summed E-state index contributed by atoms with van der Waals surface area (Å²) in [6.07, 6.45) is 3.77. The van der Waals surface area contributed by atoms with Crippen molar-refractivity contribution in [3.05, 3.63) is 12.2 Å². The monoisotopic (exact) mass is 216 g/mol. The summed E-state index contributed by atoms with van der Waals surface area (Å²) in [6, 6.07) is 0. The highest BCUT2D eigenvalue weighted by atomic mass is 17.3. The van der Waals surface area contributed by atoms with Crippen molar-refractivity contribution >= 4 is 0 Å². The van der Waals surface area contributed by atoms with Gasteiger partial charge < -0.3 is 0 Å². The van der Waals surface area contributed by atoms with Gasteiger partial charge in [-0.1, -0.05) is 12.2 Å². The summed E-state index contributed by atoms with van der Waals surface area (Å²) in [5, 5.41) is 0. The van der Waals surface area contributed by atoms with Gasteiger partial charge in [-0.05, 0) is 41.5 Å². The Labute approximate surface area is 91.0 Å². The van der Waals surface area contributed by atoms with Crippen molar-refractivity contribution in [2.75, 3.05) is 0 Å². The van der Waals surface area contributed by atoms with Crippen LogP contribution >= 0.6 is 0 Å². The molecule has 4 heteroatoms. The van der Waals surface area contributed by atoms with Crippen molar-refractivity contribution in [3.63, 3.8) is 0 Å². The minimum atomic E-state index is -0.930. The molecule has 0 N–H and O–H groups in total. The van der Waals surface area contributed by atoms with E-state index in [1.54, 1.807) is 13.8 Å². The van der Waals surface area contributed by atoms with Gasteiger partial charge in [-0.25, -0.2) is 9.78 Å². The smallest absolute Gasteiger partial charge is 0.223 e. The molecule has 0 fully saturated rings. The Morgan fingerprint density at radius 3 is 1.27 bits per heavy atom. The Balaban J connectivity index is 2.86. The zero-order chi connectivity index (χ0) is 11.7. The van der Waals surface area contributed by atoms with Gasteiger partial charge in [-0.3, -0.25) is 0 Å². The molecule has 0 radical (unpaired) electrons. The van der Waals surface area contributed by atoms with Crippen molar-refractivity contribution in [2.24, 2.45) is 0 Å². The quantitative estimate of drug-likeness (QED) is 0.461. The van der Waals surface area contributed by atoms with E-state index in [4.69, 9.17) is 19.6 Å². The zero-order valence-electron chi connectivity index (χ0n) is 10.3. The second-order valence-corrected chi connectivity index (χ2v) is 5.27. The van der Waals surface area contributed by atoms with Crippen molar-refractivity contribution < 1.29 is 19.6 Å². The summed E-state index contributed by atoms with van der Waals surface area (Å²) in [6.45, 7) is 11.1. The Hall–Kier alpha value is -0.420. The molecular formula is C11H20O4. The molecule has 0 saturated carbocycles. The van der Waals surface area contributed by atoms with E-state index >= 15 is 0 Å². The average molecular weight is 216 g/mol. The lowest BCUT2D eigenvalue weighted by molar-refractivity contribution is -0.524. The fourth-order valence-corrected chi connectivity index (χ4v) is 0.886. The van der Waals surface area contributed by atoms with E-state index in [1.807, 2.05) is 39.8 Å². The fraction of sp³-hybridized carbons (Fsp3) is 0.818. The lowest BCUT2D eigenvalue weighted by Gasteiger charge is -2.27. The van der Waals surface area contributed by atoms with Crippen molar-refractivity contribution in [1.29, 1.82) is 0 Å². The molecule has 4 nitrogen and oxygen atoms in total. The molecule has 15 heavy (non-hydrogen) atoms. The van der Waals surface area contributed by atoms with Gasteiger partial charge in [0.25, 0.3) is 0 Å². The van der Waals surface area contributed by atoms with E-state index in [9.17, 15) is 0 Å². The third-order valence-corrected chi connectivity index (χ3v) is 1.80. The van der Waals surface area contributed by atoms with Crippen molar-refractivity contribution in [2.45, 2.75) is 58.5 Å². The maximum atomic E-state index is 5.27. The molecule has 0 bridgehead atoms. The van der Waals surface area contributed by atoms with E-state index in [0.29, 0.717) is 0 Å². The van der Waals surface area contributed by atoms with E-state index in [-0.39, 0.29) is 0 Å². The lowest BCUT2D eigenvalue weighted by atomic mass is 10.0. The van der Waals surface area contributed by atoms with Crippen LogP contribution in [-0.4, -0.2) is 17.0 Å². The van der Waals surface area contributed by atoms with Crippen LogP contribution < -0.4 is 0 Å². The first kappa shape index (κ1) is 12.6. The standard InChI is InChI=1S/C11H20O4/c1-9(2)7-8-10(3,4)13-15-11(5,6)14-12-9/h7-8H,1-6H3. The highest BCUT2D eigenvalue weighted by Crippen LogP contribution is 2.26. The molecule has 0 amide bonds. The molecule has 0 aromatic carbocycles. The predicted octanol–water partition coefficient (Wildman–Crippen LogP) is 2.75. The Kier molecular flexibility index (Phi) is 3.26. The van der Waals surface area contributed by atoms with Gasteiger partial charge in [0.15, 0.2) is 0 Å². The Bertz CT molecular complexity index is 229. The maximum Gasteiger partial charge on any atom is 0.228 e. The van der Waals surface area contributed by atoms with Crippen molar-refractivity contribution in [1.82, 2.24) is 0 Å². The van der Waals surface area contributed by atoms with Crippen LogP contribution in [0.25, 0.3) is 0 Å². The second-order valence-electron chi connectivity index (χ2n) is 5.27. The highest BCUT2D eigenvalue weighted by molar-refractivity contribution is 5.04. The molecule has 0 atom stereocenters. The first-order chi connectivity index (χ1) is 6.62. The number of hydrogen-bond acceptors (Lipinski definition) is 4. The SMILES string of the molecule is CC1(C)C=CC(C)(C)OOC(C)(C)OO1. The van der Waals surface area contributed by atoms with E-state index < -0.39 is 17.0 Å². The second kappa shape index (κ2) is 3.87. The van der Waals surface area contributed by atoms with Gasteiger partial charge in [0.05, 0.1) is 0 Å². The van der Waals surface area contributed by atoms with Crippen LogP contribution in [0.4, 0.5) is 0 Å². The maximum absolute atomic E-state index is 5.27. The Morgan fingerprint density at radius 2 is 0.933 bits per heavy atom. The first-order valence-electron chi connectivity index (χ1n) is 5.06. The largest absolute Gasteiger partial charge is 0.228 e. The molecule has 0 unspecified atom stereocenters. The van der Waals surface area contributed by atoms with Crippen LogP contribution in [0.15, 0.2) is 12.2 Å². The zero-order valence-corrected chi connectivity index (χ0v) is 10.3. The molecule has 1 rings (SSSR count). The average Bonchev–Trinajstić information content (AvgIpc) is 2.12. The van der Waals surface area contributed by atoms with Crippen LogP contribution in [0, 0.1) is 0 Å². The van der Waals surface area contributed by atoms with Crippen molar-refractivity contribution in [3.8, 4) is 0 Å². The normalized spacial score (nSPS) is 28.9. The minimum absolute atomic E-state index is 0.508. The van der Waals surface area contributed by atoms with Crippen LogP contribution in [0.5, 0.6) is 0 Å². The van der Waals surface area contributed by atoms with E-state index in [0.717, 1.165) is 0 Å². The molecule has 88 valence electrons. The van der Waals surface area contributed by atoms with Crippen LogP contribution in [0.3, 0.4) is 0 Å². The summed E-state index contributed by atoms with van der Waals surface area (Å²) < 4.78 is 0. The van der Waals surface area contributed by atoms with Gasteiger partial charge in [-0.2, -0.15) is 9.78 Å². The number of hydrogen-bond donors (Lipinski definition) is 0. The summed E-state index contributed by atoms with van der Waals surface area (Å²) in [5.41, 5.74) is -1.02. The van der Waals surface area contributed by atoms with Gasteiger partial charge in [0.1, 0.15) is 11.2 Å². The summed E-state index contributed by atoms with van der Waals surface area (Å²) in [5.74, 6) is -0.930. The summed E-state index contributed by atoms with van der Waals surface area (Å²) in [7, 11) is 0. The third-order valence-electron chi connectivity index (χ3n) is 1.80. The molecule has 0 saturated heterocycles. The topological polar surface area (TPSA) is 36.9 Å². The lowest BCUT2D eigenvalue weighted by Crippen LogP contribution is -2.34. The molecule has 1 aliphatic rings. The molecule has 0 aromatic rings. The number of rotatable bonds is 0. The molecule has 0 aromatic heterocycles. The minimum Gasteiger partial charge on any atom is -0.223 e. The third kappa shape index (κ3) is 4.30. The first-order valence-corrected chi connectivity index (χ1v) is 5.06. The molecule has 0 aliphatic carbocycles. The fourth-order valence-electron chi connectivity index (χ4n) is 0.886. The van der Waals surface area contributed by atoms with Crippen LogP contribution in [-0.2, 0) is 19.6 Å². The van der Waals surface area contributed by atoms with Gasteiger partial charge >= 0.3 is 0 Å². The molecule has 0 spiro atoms. The van der Waals surface area contributed by atoms with Gasteiger partial charge in [0, 0.05) is 0 Å².